The Labute approximate surface area is 197 Å². The Morgan fingerprint density at radius 1 is 1.12 bits per heavy atom. The van der Waals surface area contributed by atoms with Gasteiger partial charge in [-0.05, 0) is 37.6 Å². The van der Waals surface area contributed by atoms with Crippen LogP contribution in [-0.2, 0) is 19.3 Å². The number of hydrogen-bond donors (Lipinski definition) is 1. The van der Waals surface area contributed by atoms with E-state index in [0.29, 0.717) is 10.1 Å². The first-order valence-corrected chi connectivity index (χ1v) is 12.3. The summed E-state index contributed by atoms with van der Waals surface area (Å²) in [5.74, 6) is -1.78. The number of esters is 1. The Hall–Kier alpha value is -3.57. The molecule has 0 bridgehead atoms. The monoisotopic (exact) mass is 502 g/mol. The molecular formula is C23H19FN2O6S2. The number of aromatic amines is 1. The molecule has 0 aliphatic heterocycles. The molecule has 0 amide bonds. The minimum absolute atomic E-state index is 0.0677. The topological polar surface area (TPSA) is 115 Å². The van der Waals surface area contributed by atoms with Gasteiger partial charge in [0.05, 0.1) is 33.3 Å². The molecule has 0 aliphatic rings. The van der Waals surface area contributed by atoms with Crippen molar-refractivity contribution in [3.8, 4) is 5.69 Å². The molecule has 0 saturated carbocycles. The number of sulfone groups is 1. The van der Waals surface area contributed by atoms with Gasteiger partial charge in [-0.25, -0.2) is 27.0 Å². The van der Waals surface area contributed by atoms with Crippen LogP contribution in [0.5, 0.6) is 0 Å². The molecule has 2 heterocycles. The summed E-state index contributed by atoms with van der Waals surface area (Å²) in [7, 11) is -2.95. The molecule has 2 aromatic heterocycles. The third-order valence-corrected chi connectivity index (χ3v) is 9.05. The molecule has 2 aromatic carbocycles. The molecule has 11 heteroatoms. The number of thiophene rings is 1. The van der Waals surface area contributed by atoms with E-state index < -0.39 is 43.3 Å². The standard InChI is InChI=1S/C23H19FN2O6S2/c1-23(2,13-7-5-4-6-8-13)34(30,31)14-9-10-15(24)17(11-14)26-20(27)18-16(25-22(26)29)12-33-19(18)21(28)32-3/h4-12H,1-3H3,(H,25,29). The van der Waals surface area contributed by atoms with Crippen molar-refractivity contribution in [2.75, 3.05) is 7.11 Å². The van der Waals surface area contributed by atoms with Crippen molar-refractivity contribution >= 4 is 38.0 Å². The minimum Gasteiger partial charge on any atom is -0.465 e. The highest BCUT2D eigenvalue weighted by Gasteiger charge is 2.38. The number of fused-ring (bicyclic) bond motifs is 1. The van der Waals surface area contributed by atoms with Gasteiger partial charge in [-0.1, -0.05) is 30.3 Å². The molecule has 0 saturated heterocycles. The van der Waals surface area contributed by atoms with Crippen molar-refractivity contribution in [3.63, 3.8) is 0 Å². The van der Waals surface area contributed by atoms with Gasteiger partial charge in [-0.3, -0.25) is 4.79 Å². The van der Waals surface area contributed by atoms with Crippen LogP contribution in [0.1, 0.15) is 29.1 Å². The quantitative estimate of drug-likeness (QED) is 0.331. The van der Waals surface area contributed by atoms with Gasteiger partial charge >= 0.3 is 11.7 Å². The lowest BCUT2D eigenvalue weighted by atomic mass is 10.0. The lowest BCUT2D eigenvalue weighted by molar-refractivity contribution is 0.0608. The number of nitrogens with one attached hydrogen (secondary N) is 1. The average molecular weight is 503 g/mol. The number of aromatic nitrogens is 2. The van der Waals surface area contributed by atoms with Crippen LogP contribution < -0.4 is 11.2 Å². The second-order valence-electron chi connectivity index (χ2n) is 7.91. The van der Waals surface area contributed by atoms with E-state index in [9.17, 15) is 27.2 Å². The van der Waals surface area contributed by atoms with E-state index in [0.717, 1.165) is 36.6 Å². The van der Waals surface area contributed by atoms with E-state index in [1.165, 1.54) is 19.2 Å². The molecule has 0 fully saturated rings. The van der Waals surface area contributed by atoms with Crippen LogP contribution in [0.15, 0.2) is 68.4 Å². The third kappa shape index (κ3) is 3.57. The molecule has 0 aliphatic carbocycles. The Morgan fingerprint density at radius 3 is 2.44 bits per heavy atom. The largest absolute Gasteiger partial charge is 0.465 e. The maximum atomic E-state index is 14.9. The van der Waals surface area contributed by atoms with Crippen LogP contribution in [-0.4, -0.2) is 31.0 Å². The molecule has 4 aromatic rings. The van der Waals surface area contributed by atoms with Crippen LogP contribution in [0.3, 0.4) is 0 Å². The van der Waals surface area contributed by atoms with Gasteiger partial charge in [0.1, 0.15) is 10.7 Å². The zero-order chi connectivity index (χ0) is 24.8. The van der Waals surface area contributed by atoms with Gasteiger partial charge in [0, 0.05) is 5.38 Å². The number of H-pyrrole nitrogens is 1. The van der Waals surface area contributed by atoms with Crippen LogP contribution >= 0.6 is 11.3 Å². The Bertz CT molecular complexity index is 1650. The smallest absolute Gasteiger partial charge is 0.348 e. The number of rotatable bonds is 5. The number of methoxy groups -OCH3 is 1. The lowest BCUT2D eigenvalue weighted by Gasteiger charge is -2.25. The number of carbonyl (C=O) groups is 1. The predicted molar refractivity (Wildman–Crippen MR) is 126 cm³/mol. The molecule has 34 heavy (non-hydrogen) atoms. The second kappa shape index (κ2) is 8.33. The maximum Gasteiger partial charge on any atom is 0.348 e. The van der Waals surface area contributed by atoms with E-state index in [1.807, 2.05) is 0 Å². The molecule has 8 nitrogen and oxygen atoms in total. The minimum atomic E-state index is -4.09. The second-order valence-corrected chi connectivity index (χ2v) is 11.3. The number of ether oxygens (including phenoxy) is 1. The summed E-state index contributed by atoms with van der Waals surface area (Å²) < 4.78 is 45.7. The molecule has 1 N–H and O–H groups in total. The fourth-order valence-corrected chi connectivity index (χ4v) is 6.08. The number of hydrogen-bond acceptors (Lipinski definition) is 7. The van der Waals surface area contributed by atoms with E-state index >= 15 is 0 Å². The Morgan fingerprint density at radius 2 is 1.79 bits per heavy atom. The summed E-state index contributed by atoms with van der Waals surface area (Å²) >= 11 is 0.887. The Balaban J connectivity index is 1.96. The van der Waals surface area contributed by atoms with Crippen molar-refractivity contribution in [3.05, 3.63) is 91.0 Å². The van der Waals surface area contributed by atoms with Crippen LogP contribution in [0, 0.1) is 5.82 Å². The first-order valence-electron chi connectivity index (χ1n) is 9.95. The third-order valence-electron chi connectivity index (χ3n) is 5.63. The van der Waals surface area contributed by atoms with Crippen molar-refractivity contribution < 1.29 is 22.3 Å². The van der Waals surface area contributed by atoms with Gasteiger partial charge in [0.25, 0.3) is 5.56 Å². The van der Waals surface area contributed by atoms with Crippen molar-refractivity contribution in [2.24, 2.45) is 0 Å². The molecular weight excluding hydrogens is 483 g/mol. The molecule has 0 unspecified atom stereocenters. The molecule has 0 atom stereocenters. The summed E-state index contributed by atoms with van der Waals surface area (Å²) in [6.07, 6.45) is 0. The van der Waals surface area contributed by atoms with E-state index in [1.54, 1.807) is 30.3 Å². The first kappa shape index (κ1) is 23.6. The SMILES string of the molecule is COC(=O)c1scc2[nH]c(=O)n(-c3cc(S(=O)(=O)C(C)(C)c4ccccc4)ccc3F)c(=O)c12. The van der Waals surface area contributed by atoms with Crippen LogP contribution in [0.25, 0.3) is 16.6 Å². The Kier molecular flexibility index (Phi) is 5.78. The van der Waals surface area contributed by atoms with E-state index in [4.69, 9.17) is 0 Å². The zero-order valence-corrected chi connectivity index (χ0v) is 19.9. The van der Waals surface area contributed by atoms with Gasteiger partial charge in [0.2, 0.25) is 0 Å². The molecule has 0 spiro atoms. The summed E-state index contributed by atoms with van der Waals surface area (Å²) in [5, 5.41) is 1.24. The summed E-state index contributed by atoms with van der Waals surface area (Å²) in [4.78, 5) is 40.1. The normalized spacial score (nSPS) is 12.1. The molecule has 176 valence electrons. The maximum absolute atomic E-state index is 14.9. The van der Waals surface area contributed by atoms with Crippen molar-refractivity contribution in [1.29, 1.82) is 0 Å². The first-order chi connectivity index (χ1) is 16.0. The number of nitrogens with zero attached hydrogens (tertiary/aromatic N) is 1. The van der Waals surface area contributed by atoms with Crippen LogP contribution in [0.4, 0.5) is 4.39 Å². The highest BCUT2D eigenvalue weighted by Crippen LogP contribution is 2.35. The van der Waals surface area contributed by atoms with Gasteiger partial charge in [-0.2, -0.15) is 0 Å². The molecule has 0 radical (unpaired) electrons. The highest BCUT2D eigenvalue weighted by atomic mass is 32.2. The highest BCUT2D eigenvalue weighted by molar-refractivity contribution is 7.92. The number of halogens is 1. The van der Waals surface area contributed by atoms with Gasteiger partial charge in [0.15, 0.2) is 9.84 Å². The fraction of sp³-hybridized carbons (Fsp3) is 0.174. The number of benzene rings is 2. The van der Waals surface area contributed by atoms with Gasteiger partial charge < -0.3 is 9.72 Å². The molecule has 4 rings (SSSR count). The average Bonchev–Trinajstić information content (AvgIpc) is 3.24. The van der Waals surface area contributed by atoms with Crippen LogP contribution in [0.2, 0.25) is 0 Å². The van der Waals surface area contributed by atoms with Crippen molar-refractivity contribution in [2.45, 2.75) is 23.5 Å². The predicted octanol–water partition coefficient (Wildman–Crippen LogP) is 3.38. The number of carbonyl (C=O) groups excluding carboxylic acids is 1. The van der Waals surface area contributed by atoms with Gasteiger partial charge in [-0.15, -0.1) is 11.3 Å². The summed E-state index contributed by atoms with van der Waals surface area (Å²) in [6, 6.07) is 11.4. The lowest BCUT2D eigenvalue weighted by Crippen LogP contribution is -2.35. The summed E-state index contributed by atoms with van der Waals surface area (Å²) in [5.41, 5.74) is -1.91. The van der Waals surface area contributed by atoms with E-state index in [2.05, 4.69) is 9.72 Å². The fourth-order valence-electron chi connectivity index (χ4n) is 3.62. The van der Waals surface area contributed by atoms with E-state index in [-0.39, 0.29) is 20.7 Å². The van der Waals surface area contributed by atoms with Crippen molar-refractivity contribution in [1.82, 2.24) is 9.55 Å². The zero-order valence-electron chi connectivity index (χ0n) is 18.3. The summed E-state index contributed by atoms with van der Waals surface area (Å²) in [6.45, 7) is 3.03.